The van der Waals surface area contributed by atoms with Gasteiger partial charge in [-0.05, 0) is 128 Å². The van der Waals surface area contributed by atoms with E-state index in [0.29, 0.717) is 81.9 Å². The minimum atomic E-state index is -0.525. The molecule has 0 saturated carbocycles. The monoisotopic (exact) mass is 820 g/mol. The van der Waals surface area contributed by atoms with Gasteiger partial charge in [0.05, 0.1) is 29.4 Å². The maximum atomic E-state index is 13.0. The molecular weight excluding hydrogens is 780 g/mol. The number of phenols is 1. The summed E-state index contributed by atoms with van der Waals surface area (Å²) in [7, 11) is 0. The summed E-state index contributed by atoms with van der Waals surface area (Å²) in [6, 6.07) is 15.1. The molecule has 4 rings (SSSR count). The molecule has 4 aromatic rings. The van der Waals surface area contributed by atoms with E-state index in [1.807, 2.05) is 12.1 Å². The Labute approximate surface area is 327 Å². The largest absolute Gasteiger partial charge is 0.507 e. The van der Waals surface area contributed by atoms with E-state index in [9.17, 15) is 24.0 Å². The lowest BCUT2D eigenvalue weighted by Gasteiger charge is -2.13. The maximum Gasteiger partial charge on any atom is 0.344 e. The van der Waals surface area contributed by atoms with Crippen molar-refractivity contribution in [3.05, 3.63) is 128 Å². The van der Waals surface area contributed by atoms with Gasteiger partial charge in [-0.15, -0.1) is 0 Å². The normalized spacial score (nSPS) is 10.5. The summed E-state index contributed by atoms with van der Waals surface area (Å²) in [6.45, 7) is 16.2. The van der Waals surface area contributed by atoms with E-state index in [-0.39, 0.29) is 16.9 Å². The third-order valence-electron chi connectivity index (χ3n) is 7.82. The van der Waals surface area contributed by atoms with Crippen LogP contribution in [0.3, 0.4) is 0 Å². The number of carbonyl (C=O) groups excluding carboxylic acids is 4. The van der Waals surface area contributed by atoms with Crippen molar-refractivity contribution in [1.29, 1.82) is 0 Å². The van der Waals surface area contributed by atoms with E-state index in [1.54, 1.807) is 51.1 Å². The first-order valence-corrected chi connectivity index (χ1v) is 18.1. The zero-order valence-corrected chi connectivity index (χ0v) is 32.8. The summed E-state index contributed by atoms with van der Waals surface area (Å²) in [5, 5.41) is 10.2. The molecular formula is C42H42BrClO10. The third-order valence-corrected chi connectivity index (χ3v) is 9.02. The van der Waals surface area contributed by atoms with Gasteiger partial charge in [-0.25, -0.2) is 19.2 Å². The van der Waals surface area contributed by atoms with E-state index in [4.69, 9.17) is 35.3 Å². The van der Waals surface area contributed by atoms with Crippen LogP contribution < -0.4 is 10.4 Å². The van der Waals surface area contributed by atoms with Crippen LogP contribution in [0.1, 0.15) is 67.9 Å². The van der Waals surface area contributed by atoms with Gasteiger partial charge in [-0.2, -0.15) is 0 Å². The molecule has 1 aromatic heterocycles. The van der Waals surface area contributed by atoms with Crippen molar-refractivity contribution in [2.24, 2.45) is 0 Å². The second kappa shape index (κ2) is 20.8. The average Bonchev–Trinajstić information content (AvgIpc) is 3.13. The van der Waals surface area contributed by atoms with Crippen LogP contribution in [0.2, 0.25) is 5.02 Å². The molecule has 0 aliphatic carbocycles. The number of hydrogen-bond donors (Lipinski definition) is 1. The number of unbranched alkanes of at least 4 members (excludes halogenated alkanes) is 2. The number of aromatic hydroxyl groups is 1. The quantitative estimate of drug-likeness (QED) is 0.0290. The zero-order chi connectivity index (χ0) is 39.9. The Kier molecular flexibility index (Phi) is 16.7. The number of benzene rings is 3. The lowest BCUT2D eigenvalue weighted by molar-refractivity contribution is -0.139. The van der Waals surface area contributed by atoms with Gasteiger partial charge in [-0.3, -0.25) is 4.79 Å². The number of esters is 3. The molecule has 0 spiro atoms. The molecule has 3 aromatic carbocycles. The summed E-state index contributed by atoms with van der Waals surface area (Å²) in [4.78, 5) is 58.4. The first-order valence-electron chi connectivity index (χ1n) is 17.0. The Morgan fingerprint density at radius 2 is 1.33 bits per heavy atom. The minimum absolute atomic E-state index is 0.104. The van der Waals surface area contributed by atoms with Crippen LogP contribution >= 0.6 is 27.5 Å². The smallest absolute Gasteiger partial charge is 0.344 e. The Hall–Kier alpha value is -5.26. The van der Waals surface area contributed by atoms with Crippen molar-refractivity contribution >= 4 is 62.7 Å². The number of aryl methyl sites for hydroxylation is 2. The second-order valence-corrected chi connectivity index (χ2v) is 13.8. The van der Waals surface area contributed by atoms with Gasteiger partial charge in [-0.1, -0.05) is 43.5 Å². The molecule has 0 amide bonds. The summed E-state index contributed by atoms with van der Waals surface area (Å²) in [6.07, 6.45) is 4.91. The van der Waals surface area contributed by atoms with Crippen molar-refractivity contribution in [3.8, 4) is 22.6 Å². The summed E-state index contributed by atoms with van der Waals surface area (Å²) in [5.74, 6) is -1.09. The second-order valence-electron chi connectivity index (χ2n) is 12.5. The Balaban J connectivity index is 0.000000609. The molecule has 1 N–H and O–H groups in total. The van der Waals surface area contributed by atoms with E-state index < -0.39 is 23.5 Å². The number of rotatable bonds is 16. The fourth-order valence-electron chi connectivity index (χ4n) is 4.88. The van der Waals surface area contributed by atoms with E-state index in [0.717, 1.165) is 35.8 Å². The van der Waals surface area contributed by atoms with Gasteiger partial charge in [0.15, 0.2) is 6.29 Å². The van der Waals surface area contributed by atoms with Crippen molar-refractivity contribution in [2.45, 2.75) is 59.3 Å². The molecule has 54 heavy (non-hydrogen) atoms. The molecule has 0 atom stereocenters. The van der Waals surface area contributed by atoms with Crippen LogP contribution in [-0.2, 0) is 36.7 Å². The molecule has 12 heteroatoms. The SMILES string of the molecule is C=C(C)C(=O)OCCCCc1cc2cc(-c3ccc(OC(=O)C(=C)C)cc3)c(=O)oc2cc1CCCCOC(=O)C(=C)C.O=Cc1cc(Br)c(Cl)cc1O. The average molecular weight is 822 g/mol. The molecule has 0 saturated heterocycles. The van der Waals surface area contributed by atoms with E-state index in [2.05, 4.69) is 35.7 Å². The standard InChI is InChI=1S/C35H38O8.C7H4BrClO2/c1-22(2)32(36)40-17-9-7-11-26-19-28-20-30(25-13-15-29(16-14-25)42-34(38)24(5)6)35(39)43-31(28)21-27(26)12-8-10-18-41-33(37)23(3)4;8-5-1-4(3-10)7(11)2-6(5)9/h13-16,19-21H,1,3,5,7-12,17-18H2,2,4,6H3;1-3,11H. The van der Waals surface area contributed by atoms with Crippen molar-refractivity contribution < 1.29 is 42.9 Å². The zero-order valence-electron chi connectivity index (χ0n) is 30.4. The summed E-state index contributed by atoms with van der Waals surface area (Å²) >= 11 is 8.74. The highest BCUT2D eigenvalue weighted by molar-refractivity contribution is 9.10. The van der Waals surface area contributed by atoms with Gasteiger partial charge in [0.2, 0.25) is 0 Å². The molecule has 284 valence electrons. The van der Waals surface area contributed by atoms with Crippen molar-refractivity contribution in [1.82, 2.24) is 0 Å². The Morgan fingerprint density at radius 1 is 0.796 bits per heavy atom. The highest BCUT2D eigenvalue weighted by Crippen LogP contribution is 2.29. The Bertz CT molecular complexity index is 2110. The van der Waals surface area contributed by atoms with Gasteiger partial charge in [0.1, 0.15) is 17.1 Å². The first kappa shape index (κ1) is 43.1. The number of halogens is 2. The number of hydrogen-bond acceptors (Lipinski definition) is 10. The van der Waals surface area contributed by atoms with Crippen molar-refractivity contribution in [2.75, 3.05) is 13.2 Å². The van der Waals surface area contributed by atoms with E-state index >= 15 is 0 Å². The highest BCUT2D eigenvalue weighted by atomic mass is 79.9. The van der Waals surface area contributed by atoms with Gasteiger partial charge < -0.3 is 23.7 Å². The van der Waals surface area contributed by atoms with Crippen LogP contribution in [0.4, 0.5) is 0 Å². The first-order chi connectivity index (χ1) is 25.6. The molecule has 0 bridgehead atoms. The molecule has 1 heterocycles. The highest BCUT2D eigenvalue weighted by Gasteiger charge is 2.14. The molecule has 0 unspecified atom stereocenters. The fourth-order valence-corrected chi connectivity index (χ4v) is 5.40. The molecule has 0 radical (unpaired) electrons. The molecule has 0 fully saturated rings. The topological polar surface area (TPSA) is 146 Å². The van der Waals surface area contributed by atoms with Crippen LogP contribution in [0, 0.1) is 0 Å². The number of ether oxygens (including phenoxy) is 3. The van der Waals surface area contributed by atoms with Crippen LogP contribution in [-0.4, -0.2) is 42.5 Å². The maximum absolute atomic E-state index is 13.0. The number of fused-ring (bicyclic) bond motifs is 1. The predicted molar refractivity (Wildman–Crippen MR) is 212 cm³/mol. The molecule has 0 aliphatic heterocycles. The summed E-state index contributed by atoms with van der Waals surface area (Å²) in [5.41, 5.74) is 4.38. The van der Waals surface area contributed by atoms with E-state index in [1.165, 1.54) is 12.1 Å². The van der Waals surface area contributed by atoms with Gasteiger partial charge >= 0.3 is 23.5 Å². The fraction of sp³-hybridized carbons (Fsp3) is 0.262. The molecule has 0 aliphatic rings. The predicted octanol–water partition coefficient (Wildman–Crippen LogP) is 9.45. The van der Waals surface area contributed by atoms with Crippen LogP contribution in [0.15, 0.2) is 105 Å². The lowest BCUT2D eigenvalue weighted by Crippen LogP contribution is -2.08. The van der Waals surface area contributed by atoms with Crippen LogP contribution in [0.25, 0.3) is 22.1 Å². The number of aldehydes is 1. The van der Waals surface area contributed by atoms with Gasteiger partial charge in [0.25, 0.3) is 0 Å². The van der Waals surface area contributed by atoms with Crippen LogP contribution in [0.5, 0.6) is 11.5 Å². The lowest BCUT2D eigenvalue weighted by atomic mass is 9.95. The number of phenolic OH excluding ortho intramolecular Hbond substituents is 1. The summed E-state index contributed by atoms with van der Waals surface area (Å²) < 4.78 is 22.0. The third kappa shape index (κ3) is 13.0. The Morgan fingerprint density at radius 3 is 1.85 bits per heavy atom. The van der Waals surface area contributed by atoms with Gasteiger partial charge in [0, 0.05) is 32.6 Å². The number of carbonyl (C=O) groups is 4. The molecule has 10 nitrogen and oxygen atoms in total. The minimum Gasteiger partial charge on any atom is -0.507 e. The van der Waals surface area contributed by atoms with Crippen molar-refractivity contribution in [3.63, 3.8) is 0 Å².